The van der Waals surface area contributed by atoms with Gasteiger partial charge in [0.1, 0.15) is 0 Å². The molecule has 0 saturated heterocycles. The average molecular weight is 212 g/mol. The molecule has 0 saturated carbocycles. The van der Waals surface area contributed by atoms with Crippen LogP contribution in [0.25, 0.3) is 0 Å². The Balaban J connectivity index is 3.89. The van der Waals surface area contributed by atoms with Crippen LogP contribution in [0, 0.1) is 0 Å². The SMILES string of the molecule is C=CC(=CC(=O)OCC)CCCOCC. The van der Waals surface area contributed by atoms with E-state index < -0.39 is 0 Å². The topological polar surface area (TPSA) is 35.5 Å². The quantitative estimate of drug-likeness (QED) is 0.268. The lowest BCUT2D eigenvalue weighted by Crippen LogP contribution is -2.01. The van der Waals surface area contributed by atoms with Crippen molar-refractivity contribution in [1.82, 2.24) is 0 Å². The van der Waals surface area contributed by atoms with Gasteiger partial charge in [-0.2, -0.15) is 0 Å². The summed E-state index contributed by atoms with van der Waals surface area (Å²) in [6.45, 7) is 9.25. The van der Waals surface area contributed by atoms with Crippen molar-refractivity contribution in [3.63, 3.8) is 0 Å². The molecule has 0 radical (unpaired) electrons. The summed E-state index contributed by atoms with van der Waals surface area (Å²) in [7, 11) is 0. The van der Waals surface area contributed by atoms with Crippen molar-refractivity contribution in [1.29, 1.82) is 0 Å². The summed E-state index contributed by atoms with van der Waals surface area (Å²) in [5.74, 6) is -0.302. The lowest BCUT2D eigenvalue weighted by Gasteiger charge is -2.03. The second-order valence-corrected chi connectivity index (χ2v) is 2.98. The van der Waals surface area contributed by atoms with Crippen LogP contribution in [-0.2, 0) is 14.3 Å². The highest BCUT2D eigenvalue weighted by Crippen LogP contribution is 2.06. The molecule has 0 aromatic rings. The van der Waals surface area contributed by atoms with Gasteiger partial charge in [-0.15, -0.1) is 0 Å². The maximum atomic E-state index is 11.1. The molecule has 0 aliphatic heterocycles. The largest absolute Gasteiger partial charge is 0.463 e. The van der Waals surface area contributed by atoms with Gasteiger partial charge in [-0.3, -0.25) is 0 Å². The Morgan fingerprint density at radius 2 is 2.07 bits per heavy atom. The van der Waals surface area contributed by atoms with E-state index in [-0.39, 0.29) is 5.97 Å². The van der Waals surface area contributed by atoms with Crippen LogP contribution >= 0.6 is 0 Å². The summed E-state index contributed by atoms with van der Waals surface area (Å²) < 4.78 is 10.0. The minimum absolute atomic E-state index is 0.302. The molecule has 0 fully saturated rings. The second kappa shape index (κ2) is 9.46. The number of hydrogen-bond acceptors (Lipinski definition) is 3. The minimum atomic E-state index is -0.302. The van der Waals surface area contributed by atoms with Crippen LogP contribution in [0.3, 0.4) is 0 Å². The van der Waals surface area contributed by atoms with Crippen LogP contribution < -0.4 is 0 Å². The third-order valence-corrected chi connectivity index (χ3v) is 1.81. The zero-order valence-electron chi connectivity index (χ0n) is 9.62. The zero-order valence-corrected chi connectivity index (χ0v) is 9.62. The molecule has 0 heterocycles. The molecule has 0 spiro atoms. The number of ether oxygens (including phenoxy) is 2. The van der Waals surface area contributed by atoms with Crippen molar-refractivity contribution in [3.05, 3.63) is 24.3 Å². The molecule has 3 heteroatoms. The van der Waals surface area contributed by atoms with Crippen LogP contribution in [0.5, 0.6) is 0 Å². The number of carbonyl (C=O) groups is 1. The molecular formula is C12H20O3. The van der Waals surface area contributed by atoms with E-state index in [1.807, 2.05) is 6.92 Å². The van der Waals surface area contributed by atoms with Crippen molar-refractivity contribution < 1.29 is 14.3 Å². The first-order valence-electron chi connectivity index (χ1n) is 5.32. The Labute approximate surface area is 91.8 Å². The Bertz CT molecular complexity index is 219. The predicted molar refractivity (Wildman–Crippen MR) is 60.6 cm³/mol. The fourth-order valence-corrected chi connectivity index (χ4v) is 1.09. The van der Waals surface area contributed by atoms with Crippen LogP contribution in [0.1, 0.15) is 26.7 Å². The van der Waals surface area contributed by atoms with Crippen molar-refractivity contribution in [3.8, 4) is 0 Å². The smallest absolute Gasteiger partial charge is 0.331 e. The summed E-state index contributed by atoms with van der Waals surface area (Å²) in [4.78, 5) is 11.1. The van der Waals surface area contributed by atoms with Crippen LogP contribution in [-0.4, -0.2) is 25.8 Å². The van der Waals surface area contributed by atoms with Crippen molar-refractivity contribution in [2.45, 2.75) is 26.7 Å². The fourth-order valence-electron chi connectivity index (χ4n) is 1.09. The van der Waals surface area contributed by atoms with Crippen molar-refractivity contribution in [2.75, 3.05) is 19.8 Å². The summed E-state index contributed by atoms with van der Waals surface area (Å²) in [5.41, 5.74) is 0.896. The first-order valence-corrected chi connectivity index (χ1v) is 5.32. The molecule has 0 rings (SSSR count). The molecule has 15 heavy (non-hydrogen) atoms. The summed E-state index contributed by atoms with van der Waals surface area (Å²) in [6, 6.07) is 0. The molecule has 0 aliphatic carbocycles. The van der Waals surface area contributed by atoms with Crippen LogP contribution in [0.2, 0.25) is 0 Å². The van der Waals surface area contributed by atoms with Gasteiger partial charge >= 0.3 is 5.97 Å². The lowest BCUT2D eigenvalue weighted by atomic mass is 10.1. The molecule has 0 amide bonds. The maximum Gasteiger partial charge on any atom is 0.331 e. The molecule has 0 aliphatic rings. The molecule has 0 N–H and O–H groups in total. The van der Waals surface area contributed by atoms with Crippen molar-refractivity contribution >= 4 is 5.97 Å². The van der Waals surface area contributed by atoms with E-state index in [1.165, 1.54) is 6.08 Å². The highest BCUT2D eigenvalue weighted by atomic mass is 16.5. The first kappa shape index (κ1) is 13.9. The monoisotopic (exact) mass is 212 g/mol. The number of rotatable bonds is 8. The molecule has 0 unspecified atom stereocenters. The summed E-state index contributed by atoms with van der Waals surface area (Å²) in [5, 5.41) is 0. The third-order valence-electron chi connectivity index (χ3n) is 1.81. The number of hydrogen-bond donors (Lipinski definition) is 0. The van der Waals surface area contributed by atoms with E-state index in [0.29, 0.717) is 13.2 Å². The number of carbonyl (C=O) groups excluding carboxylic acids is 1. The van der Waals surface area contributed by atoms with Gasteiger partial charge in [0, 0.05) is 19.3 Å². The average Bonchev–Trinajstić information content (AvgIpc) is 2.23. The van der Waals surface area contributed by atoms with E-state index in [4.69, 9.17) is 9.47 Å². The summed E-state index contributed by atoms with van der Waals surface area (Å²) in [6.07, 6.45) is 4.86. The zero-order chi connectivity index (χ0) is 11.5. The van der Waals surface area contributed by atoms with Gasteiger partial charge in [0.05, 0.1) is 6.61 Å². The highest BCUT2D eigenvalue weighted by Gasteiger charge is 1.99. The first-order chi connectivity index (χ1) is 7.24. The van der Waals surface area contributed by atoms with Gasteiger partial charge in [-0.1, -0.05) is 12.7 Å². The lowest BCUT2D eigenvalue weighted by molar-refractivity contribution is -0.137. The van der Waals surface area contributed by atoms with Crippen molar-refractivity contribution in [2.24, 2.45) is 0 Å². The second-order valence-electron chi connectivity index (χ2n) is 2.98. The normalized spacial score (nSPS) is 11.2. The fraction of sp³-hybridized carbons (Fsp3) is 0.583. The summed E-state index contributed by atoms with van der Waals surface area (Å²) >= 11 is 0. The Morgan fingerprint density at radius 3 is 2.60 bits per heavy atom. The van der Waals surface area contributed by atoms with E-state index in [1.54, 1.807) is 13.0 Å². The number of esters is 1. The van der Waals surface area contributed by atoms with Gasteiger partial charge in [-0.25, -0.2) is 4.79 Å². The minimum Gasteiger partial charge on any atom is -0.463 e. The molecule has 3 nitrogen and oxygen atoms in total. The molecule has 0 aromatic carbocycles. The van der Waals surface area contributed by atoms with E-state index >= 15 is 0 Å². The van der Waals surface area contributed by atoms with Gasteiger partial charge in [0.25, 0.3) is 0 Å². The molecular weight excluding hydrogens is 192 g/mol. The Hall–Kier alpha value is -1.09. The maximum absolute atomic E-state index is 11.1. The Morgan fingerprint density at radius 1 is 1.33 bits per heavy atom. The molecule has 0 bridgehead atoms. The van der Waals surface area contributed by atoms with E-state index in [2.05, 4.69) is 6.58 Å². The predicted octanol–water partition coefficient (Wildman–Crippen LogP) is 2.48. The molecule has 0 atom stereocenters. The van der Waals surface area contributed by atoms with E-state index in [9.17, 15) is 4.79 Å². The van der Waals surface area contributed by atoms with E-state index in [0.717, 1.165) is 25.0 Å². The van der Waals surface area contributed by atoms with Crippen LogP contribution in [0.15, 0.2) is 24.3 Å². The molecule has 86 valence electrons. The van der Waals surface area contributed by atoms with Gasteiger partial charge < -0.3 is 9.47 Å². The van der Waals surface area contributed by atoms with Crippen LogP contribution in [0.4, 0.5) is 0 Å². The standard InChI is InChI=1S/C12H20O3/c1-4-11(8-7-9-14-5-2)10-12(13)15-6-3/h4,10H,1,5-9H2,2-3H3. The van der Waals surface area contributed by atoms with Gasteiger partial charge in [0.15, 0.2) is 0 Å². The molecule has 0 aromatic heterocycles. The third kappa shape index (κ3) is 7.94. The number of allylic oxidation sites excluding steroid dienone is 2. The highest BCUT2D eigenvalue weighted by molar-refractivity contribution is 5.83. The van der Waals surface area contributed by atoms with Gasteiger partial charge in [0.2, 0.25) is 0 Å². The Kier molecular flexibility index (Phi) is 8.78. The van der Waals surface area contributed by atoms with Gasteiger partial charge in [-0.05, 0) is 32.3 Å².